The van der Waals surface area contributed by atoms with E-state index in [1.807, 2.05) is 53.4 Å². The van der Waals surface area contributed by atoms with Crippen LogP contribution < -0.4 is 5.32 Å². The van der Waals surface area contributed by atoms with Gasteiger partial charge in [0.15, 0.2) is 0 Å². The van der Waals surface area contributed by atoms with Crippen molar-refractivity contribution >= 4 is 23.8 Å². The molecular formula is C25H27N3O3. The van der Waals surface area contributed by atoms with Gasteiger partial charge in [-0.2, -0.15) is 0 Å². The molecule has 2 aliphatic rings. The van der Waals surface area contributed by atoms with Crippen molar-refractivity contribution in [3.8, 4) is 0 Å². The largest absolute Gasteiger partial charge is 0.349 e. The van der Waals surface area contributed by atoms with Crippen LogP contribution in [0, 0.1) is 0 Å². The quantitative estimate of drug-likeness (QED) is 0.829. The maximum Gasteiger partial charge on any atom is 0.251 e. The van der Waals surface area contributed by atoms with Crippen LogP contribution in [-0.4, -0.2) is 46.7 Å². The van der Waals surface area contributed by atoms with Crippen molar-refractivity contribution in [2.24, 2.45) is 0 Å². The van der Waals surface area contributed by atoms with E-state index in [2.05, 4.69) is 5.32 Å². The summed E-state index contributed by atoms with van der Waals surface area (Å²) in [5, 5.41) is 3.07. The Morgan fingerprint density at radius 3 is 2.35 bits per heavy atom. The van der Waals surface area contributed by atoms with Gasteiger partial charge in [0, 0.05) is 37.8 Å². The minimum atomic E-state index is -0.290. The molecule has 6 nitrogen and oxygen atoms in total. The number of nitrogens with one attached hydrogen (secondary N) is 1. The number of hydrogen-bond acceptors (Lipinski definition) is 3. The molecule has 4 rings (SSSR count). The molecule has 2 aromatic carbocycles. The summed E-state index contributed by atoms with van der Waals surface area (Å²) in [5.74, 6) is -0.117. The van der Waals surface area contributed by atoms with E-state index >= 15 is 0 Å². The standard InChI is InChI=1S/C25H27N3O3/c1-18(29)28-16-11-19-7-5-6-10-22(19)23(28)17-24(30)27-14-12-21(13-15-27)26-25(31)20-8-3-2-4-9-20/h2-11,16,21,23H,12-15,17H2,1H3,(H,26,31). The van der Waals surface area contributed by atoms with Gasteiger partial charge in [0.2, 0.25) is 11.8 Å². The third-order valence-electron chi connectivity index (χ3n) is 6.06. The average molecular weight is 418 g/mol. The molecule has 1 N–H and O–H groups in total. The summed E-state index contributed by atoms with van der Waals surface area (Å²) < 4.78 is 0. The lowest BCUT2D eigenvalue weighted by atomic mass is 9.93. The van der Waals surface area contributed by atoms with Crippen molar-refractivity contribution in [3.05, 3.63) is 77.5 Å². The van der Waals surface area contributed by atoms with Gasteiger partial charge in [0.25, 0.3) is 5.91 Å². The van der Waals surface area contributed by atoms with Gasteiger partial charge in [-0.1, -0.05) is 42.5 Å². The SMILES string of the molecule is CC(=O)N1C=Cc2ccccc2C1CC(=O)N1CCC(NC(=O)c2ccccc2)CC1. The fraction of sp³-hybridized carbons (Fsp3) is 0.320. The van der Waals surface area contributed by atoms with Crippen LogP contribution >= 0.6 is 0 Å². The van der Waals surface area contributed by atoms with Gasteiger partial charge in [-0.15, -0.1) is 0 Å². The summed E-state index contributed by atoms with van der Waals surface area (Å²) in [6.07, 6.45) is 5.39. The number of rotatable bonds is 4. The number of benzene rings is 2. The van der Waals surface area contributed by atoms with E-state index in [1.165, 1.54) is 6.92 Å². The lowest BCUT2D eigenvalue weighted by Gasteiger charge is -2.36. The Bertz CT molecular complexity index is 994. The first-order chi connectivity index (χ1) is 15.0. The number of hydrogen-bond donors (Lipinski definition) is 1. The Kier molecular flexibility index (Phi) is 6.16. The van der Waals surface area contributed by atoms with E-state index in [1.54, 1.807) is 23.2 Å². The zero-order chi connectivity index (χ0) is 21.8. The van der Waals surface area contributed by atoms with Crippen LogP contribution in [0.1, 0.15) is 53.7 Å². The lowest BCUT2D eigenvalue weighted by molar-refractivity contribution is -0.135. The number of carbonyl (C=O) groups is 3. The van der Waals surface area contributed by atoms with Crippen molar-refractivity contribution in [3.63, 3.8) is 0 Å². The summed E-state index contributed by atoms with van der Waals surface area (Å²) >= 11 is 0. The molecule has 2 heterocycles. The topological polar surface area (TPSA) is 69.7 Å². The van der Waals surface area contributed by atoms with Crippen LogP contribution in [0.4, 0.5) is 0 Å². The van der Waals surface area contributed by atoms with Crippen LogP contribution in [0.2, 0.25) is 0 Å². The maximum absolute atomic E-state index is 13.1. The molecule has 1 unspecified atom stereocenters. The average Bonchev–Trinajstić information content (AvgIpc) is 2.80. The lowest BCUT2D eigenvalue weighted by Crippen LogP contribution is -2.47. The second kappa shape index (κ2) is 9.16. The third-order valence-corrected chi connectivity index (χ3v) is 6.06. The van der Waals surface area contributed by atoms with Gasteiger partial charge in [-0.05, 0) is 42.2 Å². The minimum Gasteiger partial charge on any atom is -0.349 e. The molecule has 6 heteroatoms. The molecule has 1 atom stereocenters. The molecule has 0 spiro atoms. The van der Waals surface area contributed by atoms with E-state index in [0.717, 1.165) is 24.0 Å². The van der Waals surface area contributed by atoms with Gasteiger partial charge in [0.1, 0.15) is 0 Å². The van der Waals surface area contributed by atoms with Crippen molar-refractivity contribution in [1.82, 2.24) is 15.1 Å². The normalized spacial score (nSPS) is 18.4. The molecule has 2 aliphatic heterocycles. The van der Waals surface area contributed by atoms with Crippen LogP contribution in [0.3, 0.4) is 0 Å². The zero-order valence-electron chi connectivity index (χ0n) is 17.7. The molecule has 2 aromatic rings. The van der Waals surface area contributed by atoms with Gasteiger partial charge in [-0.25, -0.2) is 0 Å². The molecule has 0 saturated carbocycles. The highest BCUT2D eigenvalue weighted by molar-refractivity contribution is 5.94. The first-order valence-electron chi connectivity index (χ1n) is 10.7. The first-order valence-corrected chi connectivity index (χ1v) is 10.7. The fourth-order valence-electron chi connectivity index (χ4n) is 4.34. The number of likely N-dealkylation sites (tertiary alicyclic amines) is 1. The van der Waals surface area contributed by atoms with Gasteiger partial charge in [-0.3, -0.25) is 14.4 Å². The number of nitrogens with zero attached hydrogens (tertiary/aromatic N) is 2. The molecule has 0 aromatic heterocycles. The Morgan fingerprint density at radius 1 is 0.968 bits per heavy atom. The number of fused-ring (bicyclic) bond motifs is 1. The van der Waals surface area contributed by atoms with Gasteiger partial charge < -0.3 is 15.1 Å². The van der Waals surface area contributed by atoms with E-state index in [9.17, 15) is 14.4 Å². The highest BCUT2D eigenvalue weighted by Gasteiger charge is 2.31. The smallest absolute Gasteiger partial charge is 0.251 e. The molecule has 0 radical (unpaired) electrons. The van der Waals surface area contributed by atoms with Crippen molar-refractivity contribution in [1.29, 1.82) is 0 Å². The van der Waals surface area contributed by atoms with Crippen LogP contribution in [0.15, 0.2) is 60.8 Å². The first kappa shape index (κ1) is 20.8. The predicted octanol–water partition coefficient (Wildman–Crippen LogP) is 3.37. The predicted molar refractivity (Wildman–Crippen MR) is 119 cm³/mol. The molecule has 1 saturated heterocycles. The van der Waals surface area contributed by atoms with Crippen molar-refractivity contribution < 1.29 is 14.4 Å². The summed E-state index contributed by atoms with van der Waals surface area (Å²) in [6.45, 7) is 2.72. The molecule has 3 amide bonds. The Morgan fingerprint density at radius 2 is 1.65 bits per heavy atom. The second-order valence-electron chi connectivity index (χ2n) is 8.09. The summed E-state index contributed by atoms with van der Waals surface area (Å²) in [4.78, 5) is 41.1. The maximum atomic E-state index is 13.1. The Labute approximate surface area is 182 Å². The monoisotopic (exact) mass is 417 g/mol. The van der Waals surface area contributed by atoms with Crippen LogP contribution in [0.5, 0.6) is 0 Å². The summed E-state index contributed by atoms with van der Waals surface area (Å²) in [5.41, 5.74) is 2.69. The second-order valence-corrected chi connectivity index (χ2v) is 8.09. The molecule has 160 valence electrons. The van der Waals surface area contributed by atoms with Crippen LogP contribution in [-0.2, 0) is 9.59 Å². The van der Waals surface area contributed by atoms with Gasteiger partial charge in [0.05, 0.1) is 12.5 Å². The van der Waals surface area contributed by atoms with E-state index < -0.39 is 0 Å². The minimum absolute atomic E-state index is 0.0363. The molecule has 31 heavy (non-hydrogen) atoms. The summed E-state index contributed by atoms with van der Waals surface area (Å²) in [6, 6.07) is 16.8. The molecular weight excluding hydrogens is 390 g/mol. The number of piperidine rings is 1. The zero-order valence-corrected chi connectivity index (χ0v) is 17.7. The van der Waals surface area contributed by atoms with E-state index in [4.69, 9.17) is 0 Å². The van der Waals surface area contributed by atoms with E-state index in [0.29, 0.717) is 18.7 Å². The molecule has 0 aliphatic carbocycles. The highest BCUT2D eigenvalue weighted by Crippen LogP contribution is 2.33. The number of amides is 3. The molecule has 0 bridgehead atoms. The summed E-state index contributed by atoms with van der Waals surface area (Å²) in [7, 11) is 0. The van der Waals surface area contributed by atoms with E-state index in [-0.39, 0.29) is 36.2 Å². The van der Waals surface area contributed by atoms with Crippen molar-refractivity contribution in [2.75, 3.05) is 13.1 Å². The fourth-order valence-corrected chi connectivity index (χ4v) is 4.34. The Hall–Kier alpha value is -3.41. The van der Waals surface area contributed by atoms with Crippen LogP contribution in [0.25, 0.3) is 6.08 Å². The Balaban J connectivity index is 1.36. The highest BCUT2D eigenvalue weighted by atomic mass is 16.2. The third kappa shape index (κ3) is 4.68. The molecule has 1 fully saturated rings. The van der Waals surface area contributed by atoms with Gasteiger partial charge >= 0.3 is 0 Å². The van der Waals surface area contributed by atoms with Crippen molar-refractivity contribution in [2.45, 2.75) is 38.3 Å². The number of carbonyl (C=O) groups excluding carboxylic acids is 3.